The third kappa shape index (κ3) is 27.6. The molecule has 0 aliphatic carbocycles. The molecular formula is C38H49IN4O18. The third-order valence-corrected chi connectivity index (χ3v) is 7.46. The number of carbonyl (C=O) groups excluding carboxylic acids is 4. The highest BCUT2D eigenvalue weighted by Crippen LogP contribution is 2.02. The van der Waals surface area contributed by atoms with E-state index in [0.29, 0.717) is 13.1 Å². The Labute approximate surface area is 357 Å². The van der Waals surface area contributed by atoms with Crippen LogP contribution < -0.4 is 52.1 Å². The minimum absolute atomic E-state index is 0. The summed E-state index contributed by atoms with van der Waals surface area (Å²) in [5.41, 5.74) is 9.21. The van der Waals surface area contributed by atoms with E-state index in [1.807, 2.05) is 121 Å². The van der Waals surface area contributed by atoms with E-state index >= 15 is 0 Å². The number of rotatable bonds is 16. The van der Waals surface area contributed by atoms with Crippen molar-refractivity contribution >= 4 is 35.9 Å². The van der Waals surface area contributed by atoms with Gasteiger partial charge < -0.3 is 52.3 Å². The molecule has 0 saturated heterocycles. The van der Waals surface area contributed by atoms with Crippen LogP contribution in [-0.4, -0.2) is 96.3 Å². The second kappa shape index (κ2) is 32.0. The summed E-state index contributed by atoms with van der Waals surface area (Å²) in [4.78, 5) is 63.6. The Hall–Kier alpha value is -5.81. The van der Waals surface area contributed by atoms with Crippen molar-refractivity contribution in [2.75, 3.05) is 0 Å². The van der Waals surface area contributed by atoms with Crippen LogP contribution in [0.15, 0.2) is 121 Å². The predicted octanol–water partition coefficient (Wildman–Crippen LogP) is -6.33. The number of aliphatic hydroxyl groups is 4. The van der Waals surface area contributed by atoms with Crippen molar-refractivity contribution in [2.24, 2.45) is 5.73 Å². The highest BCUT2D eigenvalue weighted by molar-refractivity contribution is 6.23. The number of nitrogens with two attached hydrogens (primary N) is 1. The lowest BCUT2D eigenvalue weighted by Gasteiger charge is -2.17. The number of hydrogen-bond donors (Lipinski definition) is 11. The van der Waals surface area contributed by atoms with E-state index in [9.17, 15) is 49.3 Å². The van der Waals surface area contributed by atoms with Gasteiger partial charge in [-0.15, -0.1) is 0 Å². The zero-order valence-electron chi connectivity index (χ0n) is 31.8. The molecule has 4 unspecified atom stereocenters. The van der Waals surface area contributed by atoms with E-state index < -0.39 is 74.2 Å². The molecule has 23 heteroatoms. The fourth-order valence-electron chi connectivity index (χ4n) is 3.81. The monoisotopic (exact) mass is 976 g/mol. The maximum absolute atomic E-state index is 11.8. The largest absolute Gasteiger partial charge is 0.479 e. The Morgan fingerprint density at radius 1 is 0.574 bits per heavy atom. The van der Waals surface area contributed by atoms with Crippen molar-refractivity contribution in [1.29, 1.82) is 0 Å². The van der Waals surface area contributed by atoms with Crippen molar-refractivity contribution < 1.29 is 106 Å². The van der Waals surface area contributed by atoms with Gasteiger partial charge in [0, 0.05) is 34.1 Å². The molecule has 4 aromatic carbocycles. The summed E-state index contributed by atoms with van der Waals surface area (Å²) in [5.74, 6) is -5.73. The summed E-state index contributed by atoms with van der Waals surface area (Å²) in [7, 11) is 0. The number of halogens is 1. The quantitative estimate of drug-likeness (QED) is 0.0164. The Kier molecular flexibility index (Phi) is 29.0. The second-order valence-corrected chi connectivity index (χ2v) is 13.9. The first-order valence-electron chi connectivity index (χ1n) is 17.1. The van der Waals surface area contributed by atoms with Gasteiger partial charge in [-0.05, 0) is 22.3 Å². The number of carboxylic acids is 2. The molecular weight excluding hydrogens is 927 g/mol. The van der Waals surface area contributed by atoms with Crippen LogP contribution in [0.2, 0.25) is 0 Å². The number of benzene rings is 4. The van der Waals surface area contributed by atoms with Crippen molar-refractivity contribution in [3.8, 4) is 0 Å². The van der Waals surface area contributed by atoms with Crippen molar-refractivity contribution in [3.63, 3.8) is 0 Å². The molecule has 336 valence electrons. The summed E-state index contributed by atoms with van der Waals surface area (Å²) in [6.07, 6.45) is -7.92. The average Bonchev–Trinajstić information content (AvgIpc) is 3.27. The van der Waals surface area contributed by atoms with E-state index in [1.54, 1.807) is 0 Å². The molecule has 12 N–H and O–H groups in total. The molecule has 61 heavy (non-hydrogen) atoms. The van der Waals surface area contributed by atoms with E-state index in [-0.39, 0.29) is 22.2 Å². The van der Waals surface area contributed by atoms with Crippen LogP contribution >= 0.6 is 0 Å². The van der Waals surface area contributed by atoms with Crippen LogP contribution in [0.25, 0.3) is 0 Å². The number of carboxylic acid groups (broad SMARTS) is 2. The fourth-order valence-corrected chi connectivity index (χ4v) is 4.01. The standard InChI is InChI=1S/C18H20N2O4.C9H9NO2.C7H9N.C4H6O6.HIO6.2H2/c21-15(17(23)19-11-13-7-3-1-4-8-13)16(22)18(24)20-12-14-9-5-2-6-10-14;11-7-9(12)10-6-8-4-2-1-3-5-8;8-6-7-4-2-1-3-5-7;5-1(3(7)8)2(6)4(9)10;2-1(3,4)6-7-5;;/h1-10,15-16,21-22H,11-12H2,(H,19,23)(H,20,24);1-5,7H,6H2,(H,10,12);1-5H,6,8H2;1-2,5-6H,(H,7,8)(H,9,10);5H;2*1H. The zero-order chi connectivity index (χ0) is 46.2. The first kappa shape index (κ1) is 55.2. The first-order valence-corrected chi connectivity index (χ1v) is 20.6. The highest BCUT2D eigenvalue weighted by Gasteiger charge is 2.31. The Morgan fingerprint density at radius 2 is 0.869 bits per heavy atom. The molecule has 0 radical (unpaired) electrons. The number of aldehydes is 1. The highest BCUT2D eigenvalue weighted by atomic mass is 127. The minimum atomic E-state index is -5.74. The minimum Gasteiger partial charge on any atom is -0.479 e. The molecule has 0 bridgehead atoms. The zero-order valence-corrected chi connectivity index (χ0v) is 34.0. The van der Waals surface area contributed by atoms with E-state index in [2.05, 4.69) is 24.2 Å². The molecule has 0 aromatic heterocycles. The van der Waals surface area contributed by atoms with Gasteiger partial charge in [-0.1, -0.05) is 121 Å². The lowest BCUT2D eigenvalue weighted by atomic mass is 10.1. The summed E-state index contributed by atoms with van der Waals surface area (Å²) >= 11 is -5.74. The SMILES string of the molecule is NCc1ccccc1.O=C(NCc1ccccc1)C(O)C(O)C(=O)NCc1ccccc1.O=C(O)C(O)C(O)C(=O)O.O=CC(=O)NCc1ccccc1.[HH].[HH].[O-][I+3]([O-])([O-])OOO. The van der Waals surface area contributed by atoms with Crippen LogP contribution in [0.5, 0.6) is 0 Å². The van der Waals surface area contributed by atoms with Gasteiger partial charge in [0.15, 0.2) is 24.4 Å². The van der Waals surface area contributed by atoms with Gasteiger partial charge in [-0.25, -0.2) is 14.8 Å². The second-order valence-electron chi connectivity index (χ2n) is 11.4. The van der Waals surface area contributed by atoms with E-state index in [1.165, 1.54) is 5.56 Å². The van der Waals surface area contributed by atoms with Gasteiger partial charge >= 0.3 is 32.0 Å². The molecule has 4 atom stereocenters. The van der Waals surface area contributed by atoms with Gasteiger partial charge in [0.25, 0.3) is 17.7 Å². The van der Waals surface area contributed by atoms with Crippen LogP contribution in [0.1, 0.15) is 25.1 Å². The van der Waals surface area contributed by atoms with E-state index in [4.69, 9.17) is 31.4 Å². The molecule has 0 aliphatic rings. The molecule has 4 aromatic rings. The van der Waals surface area contributed by atoms with Crippen molar-refractivity contribution in [1.82, 2.24) is 16.0 Å². The lowest BCUT2D eigenvalue weighted by Crippen LogP contribution is -4.24. The molecule has 4 rings (SSSR count). The lowest BCUT2D eigenvalue weighted by molar-refractivity contribution is -1.93. The van der Waals surface area contributed by atoms with Crippen LogP contribution in [0.3, 0.4) is 0 Å². The maximum Gasteiger partial charge on any atom is 0.426 e. The van der Waals surface area contributed by atoms with Gasteiger partial charge in [-0.2, -0.15) is 0 Å². The molecule has 0 saturated carbocycles. The number of amides is 3. The number of carbonyl (C=O) groups is 6. The van der Waals surface area contributed by atoms with Crippen molar-refractivity contribution in [2.45, 2.75) is 50.6 Å². The summed E-state index contributed by atoms with van der Waals surface area (Å²) in [5, 5.41) is 69.2. The summed E-state index contributed by atoms with van der Waals surface area (Å²) in [6, 6.07) is 37.6. The molecule has 22 nitrogen and oxygen atoms in total. The Morgan fingerprint density at radius 3 is 1.08 bits per heavy atom. The Balaban J connectivity index is -0.000000779. The molecule has 0 fully saturated rings. The third-order valence-electron chi connectivity index (χ3n) is 6.86. The molecule has 0 heterocycles. The molecule has 0 aliphatic heterocycles. The fraction of sp³-hybridized carbons (Fsp3) is 0.211. The predicted molar refractivity (Wildman–Crippen MR) is 204 cm³/mol. The smallest absolute Gasteiger partial charge is 0.426 e. The number of nitrogens with one attached hydrogen (secondary N) is 3. The average molecular weight is 977 g/mol. The molecule has 0 spiro atoms. The summed E-state index contributed by atoms with van der Waals surface area (Å²) in [6.45, 7) is 1.45. The van der Waals surface area contributed by atoms with Gasteiger partial charge in [0.1, 0.15) is 0 Å². The van der Waals surface area contributed by atoms with Gasteiger partial charge in [-0.3, -0.25) is 29.5 Å². The first-order chi connectivity index (χ1) is 28.9. The normalized spacial score (nSPS) is 12.0. The van der Waals surface area contributed by atoms with E-state index in [0.717, 1.165) is 16.7 Å². The Bertz CT molecular complexity index is 1780. The number of aliphatic carboxylic acids is 2. The molecule has 3 amide bonds. The maximum atomic E-state index is 11.8. The number of hydrogen-bond acceptors (Lipinski definition) is 17. The topological polar surface area (TPSA) is 394 Å². The van der Waals surface area contributed by atoms with Crippen molar-refractivity contribution in [3.05, 3.63) is 144 Å². The number of aliphatic hydroxyl groups excluding tert-OH is 4. The van der Waals surface area contributed by atoms with Crippen LogP contribution in [0, 0.1) is 0 Å². The van der Waals surface area contributed by atoms with Crippen LogP contribution in [0.4, 0.5) is 0 Å². The van der Waals surface area contributed by atoms with Crippen LogP contribution in [-0.2, 0) is 63.2 Å². The summed E-state index contributed by atoms with van der Waals surface area (Å²) < 4.78 is 30.6. The van der Waals surface area contributed by atoms with Gasteiger partial charge in [0.2, 0.25) is 9.50 Å². The van der Waals surface area contributed by atoms with Gasteiger partial charge in [0.05, 0.1) is 0 Å².